The first kappa shape index (κ1) is 20.3. The third-order valence-corrected chi connectivity index (χ3v) is 5.68. The van der Waals surface area contributed by atoms with E-state index in [1.165, 1.54) is 12.5 Å². The third-order valence-electron chi connectivity index (χ3n) is 5.68. The van der Waals surface area contributed by atoms with Gasteiger partial charge in [-0.2, -0.15) is 0 Å². The molecule has 148 valence electrons. The van der Waals surface area contributed by atoms with Gasteiger partial charge in [0.25, 0.3) is 0 Å². The van der Waals surface area contributed by atoms with Gasteiger partial charge in [0.15, 0.2) is 11.6 Å². The van der Waals surface area contributed by atoms with Crippen molar-refractivity contribution in [1.82, 2.24) is 4.90 Å². The molecule has 0 bridgehead atoms. The van der Waals surface area contributed by atoms with E-state index in [1.54, 1.807) is 6.07 Å². The van der Waals surface area contributed by atoms with Crippen LogP contribution >= 0.6 is 0 Å². The van der Waals surface area contributed by atoms with E-state index in [1.807, 2.05) is 32.0 Å². The fraction of sp³-hybridized carbons (Fsp3) is 0.417. The van der Waals surface area contributed by atoms with Crippen LogP contribution < -0.4 is 4.90 Å². The molecule has 4 nitrogen and oxygen atoms in total. The lowest BCUT2D eigenvalue weighted by atomic mass is 9.92. The fourth-order valence-corrected chi connectivity index (χ4v) is 3.94. The van der Waals surface area contributed by atoms with Crippen LogP contribution in [0, 0.1) is 5.92 Å². The van der Waals surface area contributed by atoms with Crippen molar-refractivity contribution in [3.05, 3.63) is 65.2 Å². The minimum absolute atomic E-state index is 0.0425. The van der Waals surface area contributed by atoms with Crippen molar-refractivity contribution in [1.29, 1.82) is 0 Å². The molecule has 0 unspecified atom stereocenters. The molecule has 1 fully saturated rings. The van der Waals surface area contributed by atoms with Crippen molar-refractivity contribution in [3.63, 3.8) is 0 Å². The van der Waals surface area contributed by atoms with Gasteiger partial charge < -0.3 is 4.90 Å². The molecule has 0 radical (unpaired) electrons. The highest BCUT2D eigenvalue weighted by atomic mass is 16.1. The average Bonchev–Trinajstić information content (AvgIpc) is 2.72. The van der Waals surface area contributed by atoms with Crippen LogP contribution in [0.25, 0.3) is 0 Å². The number of rotatable bonds is 6. The molecule has 28 heavy (non-hydrogen) atoms. The van der Waals surface area contributed by atoms with Crippen molar-refractivity contribution < 1.29 is 9.59 Å². The second-order valence-electron chi connectivity index (χ2n) is 7.88. The first-order chi connectivity index (χ1) is 13.4. The molecule has 2 aromatic rings. The van der Waals surface area contributed by atoms with Gasteiger partial charge in [0.05, 0.1) is 5.56 Å². The van der Waals surface area contributed by atoms with Gasteiger partial charge in [-0.3, -0.25) is 14.5 Å². The van der Waals surface area contributed by atoms with Crippen molar-refractivity contribution in [2.45, 2.75) is 33.7 Å². The van der Waals surface area contributed by atoms with Gasteiger partial charge in [0.1, 0.15) is 0 Å². The highest BCUT2D eigenvalue weighted by molar-refractivity contribution is 6.12. The molecule has 1 saturated heterocycles. The van der Waals surface area contributed by atoms with Crippen LogP contribution in [0.1, 0.15) is 60.0 Å². The van der Waals surface area contributed by atoms with Gasteiger partial charge in [-0.05, 0) is 25.5 Å². The Bertz CT molecular complexity index is 837. The third kappa shape index (κ3) is 4.17. The van der Waals surface area contributed by atoms with Gasteiger partial charge >= 0.3 is 0 Å². The van der Waals surface area contributed by atoms with E-state index < -0.39 is 0 Å². The lowest BCUT2D eigenvalue weighted by Crippen LogP contribution is -2.47. The smallest absolute Gasteiger partial charge is 0.168 e. The number of anilines is 1. The second kappa shape index (κ2) is 8.70. The zero-order chi connectivity index (χ0) is 20.3. The van der Waals surface area contributed by atoms with Crippen LogP contribution in [0.4, 0.5) is 5.69 Å². The predicted octanol–water partition coefficient (Wildman–Crippen LogP) is 4.61. The normalized spacial score (nSPS) is 16.2. The Morgan fingerprint density at radius 3 is 2.07 bits per heavy atom. The van der Waals surface area contributed by atoms with Crippen LogP contribution in [0.15, 0.2) is 48.5 Å². The summed E-state index contributed by atoms with van der Waals surface area (Å²) in [6.45, 7) is 11.1. The van der Waals surface area contributed by atoms with E-state index in [0.29, 0.717) is 17.2 Å². The van der Waals surface area contributed by atoms with Crippen LogP contribution in [0.5, 0.6) is 0 Å². The molecular formula is C24H30N2O2. The molecule has 1 aliphatic heterocycles. The maximum atomic E-state index is 12.9. The number of ketones is 2. The fourth-order valence-electron chi connectivity index (χ4n) is 3.94. The second-order valence-corrected chi connectivity index (χ2v) is 7.88. The lowest BCUT2D eigenvalue weighted by molar-refractivity contribution is 0.0927. The first-order valence-electron chi connectivity index (χ1n) is 10.1. The molecule has 1 heterocycles. The summed E-state index contributed by atoms with van der Waals surface area (Å²) in [6.07, 6.45) is 0. The van der Waals surface area contributed by atoms with Crippen molar-refractivity contribution >= 4 is 17.3 Å². The van der Waals surface area contributed by atoms with Crippen LogP contribution in [0.2, 0.25) is 0 Å². The number of benzene rings is 2. The van der Waals surface area contributed by atoms with E-state index in [0.717, 1.165) is 31.9 Å². The molecule has 0 aliphatic carbocycles. The Labute approximate surface area is 168 Å². The first-order valence-corrected chi connectivity index (χ1v) is 10.1. The van der Waals surface area contributed by atoms with E-state index in [-0.39, 0.29) is 17.5 Å². The molecule has 0 N–H and O–H groups in total. The quantitative estimate of drug-likeness (QED) is 0.688. The summed E-state index contributed by atoms with van der Waals surface area (Å²) in [7, 11) is 0. The minimum atomic E-state index is -0.140. The Morgan fingerprint density at radius 1 is 0.857 bits per heavy atom. The summed E-state index contributed by atoms with van der Waals surface area (Å²) >= 11 is 0. The zero-order valence-corrected chi connectivity index (χ0v) is 17.3. The number of Topliss-reactive ketones (excluding diaryl/α,β-unsaturated/α-hetero) is 2. The summed E-state index contributed by atoms with van der Waals surface area (Å²) in [5.74, 6) is -0.151. The largest absolute Gasteiger partial charge is 0.368 e. The van der Waals surface area contributed by atoms with Gasteiger partial charge in [-0.1, -0.05) is 56.3 Å². The number of hydrogen-bond donors (Lipinski definition) is 0. The SMILES string of the molecule is CC(=O)c1cccc(N2CCN([C@H](C)c3ccccc3)CC2)c1C(=O)C(C)C. The maximum absolute atomic E-state index is 12.9. The molecular weight excluding hydrogens is 348 g/mol. The summed E-state index contributed by atoms with van der Waals surface area (Å²) < 4.78 is 0. The zero-order valence-electron chi connectivity index (χ0n) is 17.3. The number of nitrogens with zero attached hydrogens (tertiary/aromatic N) is 2. The van der Waals surface area contributed by atoms with E-state index >= 15 is 0 Å². The monoisotopic (exact) mass is 378 g/mol. The van der Waals surface area contributed by atoms with Crippen molar-refractivity contribution in [2.75, 3.05) is 31.1 Å². The summed E-state index contributed by atoms with van der Waals surface area (Å²) in [4.78, 5) is 29.8. The highest BCUT2D eigenvalue weighted by Gasteiger charge is 2.27. The minimum Gasteiger partial charge on any atom is -0.368 e. The molecule has 1 aliphatic rings. The van der Waals surface area contributed by atoms with Gasteiger partial charge in [0, 0.05) is 49.4 Å². The molecule has 4 heteroatoms. The Morgan fingerprint density at radius 2 is 1.50 bits per heavy atom. The van der Waals surface area contributed by atoms with E-state index in [9.17, 15) is 9.59 Å². The standard InChI is InChI=1S/C24H30N2O2/c1-17(2)24(28)23-21(19(4)27)11-8-12-22(23)26-15-13-25(14-16-26)18(3)20-9-6-5-7-10-20/h5-12,17-18H,13-16H2,1-4H3/t18-/m1/s1. The van der Waals surface area contributed by atoms with Crippen LogP contribution in [0.3, 0.4) is 0 Å². The average molecular weight is 379 g/mol. The number of carbonyl (C=O) groups excluding carboxylic acids is 2. The topological polar surface area (TPSA) is 40.6 Å². The molecule has 2 aromatic carbocycles. The molecule has 0 amide bonds. The Balaban J connectivity index is 1.82. The Hall–Kier alpha value is -2.46. The lowest BCUT2D eigenvalue weighted by Gasteiger charge is -2.40. The van der Waals surface area contributed by atoms with Gasteiger partial charge in [0.2, 0.25) is 0 Å². The summed E-state index contributed by atoms with van der Waals surface area (Å²) in [6, 6.07) is 16.6. The van der Waals surface area contributed by atoms with Gasteiger partial charge in [-0.15, -0.1) is 0 Å². The van der Waals surface area contributed by atoms with Crippen LogP contribution in [-0.2, 0) is 0 Å². The van der Waals surface area contributed by atoms with Crippen LogP contribution in [-0.4, -0.2) is 42.6 Å². The maximum Gasteiger partial charge on any atom is 0.168 e. The van der Waals surface area contributed by atoms with E-state index in [2.05, 4.69) is 41.0 Å². The molecule has 3 rings (SSSR count). The number of hydrogen-bond acceptors (Lipinski definition) is 4. The van der Waals surface area contributed by atoms with Gasteiger partial charge in [-0.25, -0.2) is 0 Å². The summed E-state index contributed by atoms with van der Waals surface area (Å²) in [5.41, 5.74) is 3.36. The molecule has 0 saturated carbocycles. The van der Waals surface area contributed by atoms with E-state index in [4.69, 9.17) is 0 Å². The van der Waals surface area contributed by atoms with Crippen molar-refractivity contribution in [2.24, 2.45) is 5.92 Å². The van der Waals surface area contributed by atoms with Crippen molar-refractivity contribution in [3.8, 4) is 0 Å². The molecule has 0 aromatic heterocycles. The number of piperazine rings is 1. The highest BCUT2D eigenvalue weighted by Crippen LogP contribution is 2.30. The Kier molecular flexibility index (Phi) is 6.30. The summed E-state index contributed by atoms with van der Waals surface area (Å²) in [5, 5.41) is 0. The molecule has 0 spiro atoms. The number of carbonyl (C=O) groups is 2. The molecule has 1 atom stereocenters. The predicted molar refractivity (Wildman–Crippen MR) is 114 cm³/mol.